The molecule has 0 heterocycles. The molecule has 4 nitrogen and oxygen atoms in total. The number of phenols is 1. The van der Waals surface area contributed by atoms with E-state index in [-0.39, 0.29) is 16.7 Å². The fourth-order valence-corrected chi connectivity index (χ4v) is 4.87. The van der Waals surface area contributed by atoms with Crippen LogP contribution in [-0.2, 0) is 5.41 Å². The Bertz CT molecular complexity index is 1310. The molecule has 0 radical (unpaired) electrons. The average Bonchev–Trinajstić information content (AvgIpc) is 2.75. The van der Waals surface area contributed by atoms with Gasteiger partial charge in [0.25, 0.3) is 5.91 Å². The van der Waals surface area contributed by atoms with Gasteiger partial charge in [0.2, 0.25) is 0 Å². The largest absolute Gasteiger partial charge is 0.507 e. The predicted molar refractivity (Wildman–Crippen MR) is 150 cm³/mol. The van der Waals surface area contributed by atoms with Gasteiger partial charge in [0.1, 0.15) is 5.75 Å². The summed E-state index contributed by atoms with van der Waals surface area (Å²) < 4.78 is 1.83. The first-order chi connectivity index (χ1) is 15.8. The minimum atomic E-state index is -0.529. The first kappa shape index (κ1) is 26.5. The molecule has 176 valence electrons. The third-order valence-corrected chi connectivity index (χ3v) is 7.64. The molecule has 34 heavy (non-hydrogen) atoms. The number of benzene rings is 3. The lowest BCUT2D eigenvalue weighted by Gasteiger charge is -2.24. The molecule has 0 fully saturated rings. The van der Waals surface area contributed by atoms with Crippen LogP contribution in [0.15, 0.2) is 46.9 Å². The summed E-state index contributed by atoms with van der Waals surface area (Å²) in [6.45, 7) is 9.58. The van der Waals surface area contributed by atoms with Gasteiger partial charge in [-0.05, 0) is 88.4 Å². The zero-order chi connectivity index (χ0) is 25.4. The van der Waals surface area contributed by atoms with Gasteiger partial charge in [0.05, 0.1) is 17.6 Å². The number of hydrogen-bond donors (Lipinski definition) is 2. The highest BCUT2D eigenvalue weighted by atomic mass is 127. The standard InChI is InChI=1S/C27H25BrClIN2O2/c1-14-10-18(19(13-31)16-6-8-17(30)9-7-16)22(29)12-23(14)32-26(34)24-15(2)21(28)11-20(25(24)33)27(3,4)5/h6-12,19,33H,1-5H3,(H,32,34). The highest BCUT2D eigenvalue weighted by molar-refractivity contribution is 14.1. The number of halogens is 3. The fourth-order valence-electron chi connectivity index (χ4n) is 3.81. The van der Waals surface area contributed by atoms with Gasteiger partial charge in [-0.2, -0.15) is 5.26 Å². The molecule has 0 aliphatic heterocycles. The van der Waals surface area contributed by atoms with Gasteiger partial charge in [0, 0.05) is 24.3 Å². The Morgan fingerprint density at radius 1 is 1.18 bits per heavy atom. The molecule has 1 unspecified atom stereocenters. The van der Waals surface area contributed by atoms with Crippen LogP contribution in [0.25, 0.3) is 0 Å². The van der Waals surface area contributed by atoms with Crippen molar-refractivity contribution >= 4 is 61.7 Å². The lowest BCUT2D eigenvalue weighted by atomic mass is 9.84. The van der Waals surface area contributed by atoms with Crippen molar-refractivity contribution < 1.29 is 9.90 Å². The number of nitriles is 1. The van der Waals surface area contributed by atoms with Gasteiger partial charge in [-0.15, -0.1) is 0 Å². The van der Waals surface area contributed by atoms with E-state index in [2.05, 4.69) is 49.9 Å². The Morgan fingerprint density at radius 3 is 2.35 bits per heavy atom. The number of carbonyl (C=O) groups excluding carboxylic acids is 1. The van der Waals surface area contributed by atoms with Crippen LogP contribution in [0.4, 0.5) is 5.69 Å². The van der Waals surface area contributed by atoms with Crippen LogP contribution < -0.4 is 5.32 Å². The van der Waals surface area contributed by atoms with E-state index in [0.29, 0.717) is 27.4 Å². The Balaban J connectivity index is 2.00. The molecule has 0 bridgehead atoms. The van der Waals surface area contributed by atoms with Gasteiger partial charge in [-0.25, -0.2) is 0 Å². The Kier molecular flexibility index (Phi) is 8.01. The first-order valence-corrected chi connectivity index (χ1v) is 12.9. The maximum atomic E-state index is 13.3. The van der Waals surface area contributed by atoms with Gasteiger partial charge in [-0.3, -0.25) is 4.79 Å². The molecule has 0 saturated carbocycles. The Morgan fingerprint density at radius 2 is 1.79 bits per heavy atom. The summed E-state index contributed by atoms with van der Waals surface area (Å²) in [5.74, 6) is -0.990. The summed E-state index contributed by atoms with van der Waals surface area (Å²) in [6, 6.07) is 15.4. The first-order valence-electron chi connectivity index (χ1n) is 10.6. The molecule has 0 saturated heterocycles. The molecule has 7 heteroatoms. The summed E-state index contributed by atoms with van der Waals surface area (Å²) in [7, 11) is 0. The van der Waals surface area contributed by atoms with Crippen molar-refractivity contribution in [1.82, 2.24) is 0 Å². The molecule has 0 spiro atoms. The SMILES string of the molecule is Cc1cc(C(C#N)c2ccc(I)cc2)c(Cl)cc1NC(=O)c1c(C)c(Br)cc(C(C)(C)C)c1O. The van der Waals surface area contributed by atoms with E-state index in [4.69, 9.17) is 11.6 Å². The van der Waals surface area contributed by atoms with E-state index in [1.165, 1.54) is 0 Å². The van der Waals surface area contributed by atoms with Crippen LogP contribution in [0.1, 0.15) is 64.9 Å². The molecule has 1 atom stereocenters. The molecule has 3 aromatic carbocycles. The van der Waals surface area contributed by atoms with Crippen LogP contribution in [0.5, 0.6) is 5.75 Å². The minimum absolute atomic E-state index is 0.0330. The van der Waals surface area contributed by atoms with E-state index >= 15 is 0 Å². The van der Waals surface area contributed by atoms with Crippen LogP contribution in [0, 0.1) is 28.7 Å². The number of hydrogen-bond acceptors (Lipinski definition) is 3. The summed E-state index contributed by atoms with van der Waals surface area (Å²) >= 11 is 12.3. The van der Waals surface area contributed by atoms with Crippen molar-refractivity contribution in [2.75, 3.05) is 5.32 Å². The van der Waals surface area contributed by atoms with E-state index in [0.717, 1.165) is 19.2 Å². The third-order valence-electron chi connectivity index (χ3n) is 5.77. The number of carbonyl (C=O) groups is 1. The smallest absolute Gasteiger partial charge is 0.259 e. The van der Waals surface area contributed by atoms with Crippen LogP contribution in [0.2, 0.25) is 5.02 Å². The number of amides is 1. The summed E-state index contributed by atoms with van der Waals surface area (Å²) in [5, 5.41) is 24.1. The highest BCUT2D eigenvalue weighted by Crippen LogP contribution is 2.39. The number of aromatic hydroxyl groups is 1. The third kappa shape index (κ3) is 5.42. The average molecular weight is 652 g/mol. The van der Waals surface area contributed by atoms with Crippen molar-refractivity contribution in [3.8, 4) is 11.8 Å². The van der Waals surface area contributed by atoms with Gasteiger partial charge < -0.3 is 10.4 Å². The number of aryl methyl sites for hydroxylation is 1. The zero-order valence-corrected chi connectivity index (χ0v) is 24.1. The second-order valence-corrected chi connectivity index (χ2v) is 11.8. The van der Waals surface area contributed by atoms with Gasteiger partial charge in [-0.1, -0.05) is 66.5 Å². The second kappa shape index (κ2) is 10.3. The van der Waals surface area contributed by atoms with E-state index in [1.54, 1.807) is 13.0 Å². The lowest BCUT2D eigenvalue weighted by molar-refractivity contribution is 0.102. The van der Waals surface area contributed by atoms with E-state index in [9.17, 15) is 15.2 Å². The molecule has 0 aliphatic rings. The lowest BCUT2D eigenvalue weighted by Crippen LogP contribution is -2.19. The van der Waals surface area contributed by atoms with E-state index < -0.39 is 11.8 Å². The monoisotopic (exact) mass is 650 g/mol. The van der Waals surface area contributed by atoms with Crippen LogP contribution in [-0.4, -0.2) is 11.0 Å². The number of rotatable bonds is 4. The number of nitrogens with zero attached hydrogens (tertiary/aromatic N) is 1. The summed E-state index contributed by atoms with van der Waals surface area (Å²) in [6.07, 6.45) is 0. The molecule has 2 N–H and O–H groups in total. The zero-order valence-electron chi connectivity index (χ0n) is 19.6. The van der Waals surface area contributed by atoms with Crippen molar-refractivity contribution in [3.05, 3.63) is 88.9 Å². The molecule has 3 rings (SSSR count). The van der Waals surface area contributed by atoms with E-state index in [1.807, 2.05) is 64.1 Å². The molecule has 1 amide bonds. The quantitative estimate of drug-likeness (QED) is 0.279. The number of anilines is 1. The summed E-state index contributed by atoms with van der Waals surface area (Å²) in [5.41, 5.74) is 4.01. The maximum absolute atomic E-state index is 13.3. The summed E-state index contributed by atoms with van der Waals surface area (Å²) in [4.78, 5) is 13.3. The van der Waals surface area contributed by atoms with Crippen molar-refractivity contribution in [1.29, 1.82) is 5.26 Å². The van der Waals surface area contributed by atoms with Gasteiger partial charge >= 0.3 is 0 Å². The molecule has 0 aliphatic carbocycles. The Labute approximate surface area is 227 Å². The van der Waals surface area contributed by atoms with Gasteiger partial charge in [0.15, 0.2) is 0 Å². The Hall–Kier alpha value is -2.08. The minimum Gasteiger partial charge on any atom is -0.507 e. The predicted octanol–water partition coefficient (Wildman–Crippen LogP) is 8.23. The number of phenolic OH excluding ortho intramolecular Hbond substituents is 1. The van der Waals surface area contributed by atoms with Crippen molar-refractivity contribution in [2.45, 2.75) is 46.0 Å². The van der Waals surface area contributed by atoms with Crippen LogP contribution in [0.3, 0.4) is 0 Å². The van der Waals surface area contributed by atoms with Crippen molar-refractivity contribution in [3.63, 3.8) is 0 Å². The fraction of sp³-hybridized carbons (Fsp3) is 0.259. The molecular weight excluding hydrogens is 627 g/mol. The second-order valence-electron chi connectivity index (χ2n) is 9.26. The molecular formula is C27H25BrClIN2O2. The van der Waals surface area contributed by atoms with Crippen molar-refractivity contribution in [2.24, 2.45) is 0 Å². The topological polar surface area (TPSA) is 73.1 Å². The van der Waals surface area contributed by atoms with Crippen LogP contribution >= 0.6 is 50.1 Å². The maximum Gasteiger partial charge on any atom is 0.259 e. The highest BCUT2D eigenvalue weighted by Gasteiger charge is 2.27. The molecule has 0 aromatic heterocycles. The molecule has 3 aromatic rings. The normalized spacial score (nSPS) is 12.2. The number of nitrogens with one attached hydrogen (secondary N) is 1.